The van der Waals surface area contributed by atoms with Gasteiger partial charge in [-0.2, -0.15) is 33.2 Å². The van der Waals surface area contributed by atoms with Crippen LogP contribution in [0.15, 0.2) is 71.0 Å². The number of anilines is 3. The molecule has 2 N–H and O–H groups in total. The van der Waals surface area contributed by atoms with Crippen molar-refractivity contribution in [2.45, 2.75) is 19.3 Å². The van der Waals surface area contributed by atoms with E-state index in [1.165, 1.54) is 24.4 Å². The highest BCUT2D eigenvalue weighted by molar-refractivity contribution is 6.29. The van der Waals surface area contributed by atoms with Gasteiger partial charge in [0.15, 0.2) is 0 Å². The number of benzene rings is 2. The van der Waals surface area contributed by atoms with E-state index in [0.717, 1.165) is 11.6 Å². The van der Waals surface area contributed by atoms with Crippen molar-refractivity contribution in [3.63, 3.8) is 0 Å². The average Bonchev–Trinajstić information content (AvgIpc) is 2.85. The quantitative estimate of drug-likeness (QED) is 0.145. The van der Waals surface area contributed by atoms with Crippen molar-refractivity contribution >= 4 is 35.1 Å². The molecule has 0 atom stereocenters. The molecule has 0 saturated heterocycles. The minimum Gasteiger partial charge on any atom is -0.350 e. The van der Waals surface area contributed by atoms with Gasteiger partial charge in [-0.3, -0.25) is 0 Å². The summed E-state index contributed by atoms with van der Waals surface area (Å²) in [6.45, 7) is 0.113. The van der Waals surface area contributed by atoms with Gasteiger partial charge in [-0.1, -0.05) is 35.9 Å². The van der Waals surface area contributed by atoms with Crippen molar-refractivity contribution in [1.82, 2.24) is 19.9 Å². The van der Waals surface area contributed by atoms with E-state index in [0.29, 0.717) is 22.8 Å². The molecule has 0 radical (unpaired) electrons. The summed E-state index contributed by atoms with van der Waals surface area (Å²) in [6.07, 6.45) is -3.37. The molecule has 14 heteroatoms. The van der Waals surface area contributed by atoms with Crippen LogP contribution in [0.5, 0.6) is 0 Å². The van der Waals surface area contributed by atoms with E-state index in [9.17, 15) is 22.0 Å². The summed E-state index contributed by atoms with van der Waals surface area (Å²) in [5.74, 6) is -2.27. The zero-order chi connectivity index (χ0) is 26.4. The molecule has 4 rings (SSSR count). The topological polar surface area (TPSA) is 100 Å². The van der Waals surface area contributed by atoms with Crippen LogP contribution in [0.3, 0.4) is 0 Å². The van der Waals surface area contributed by atoms with Gasteiger partial charge >= 0.3 is 6.18 Å². The Bertz CT molecular complexity index is 1410. The number of aromatic nitrogens is 4. The summed E-state index contributed by atoms with van der Waals surface area (Å²) in [5.41, 5.74) is -0.555. The number of halogens is 6. The number of hydrogen-bond donors (Lipinski definition) is 2. The molecule has 0 aliphatic carbocycles. The lowest BCUT2D eigenvalue weighted by molar-refractivity contribution is -0.139. The maximum Gasteiger partial charge on any atom is 0.419 e. The van der Waals surface area contributed by atoms with Crippen molar-refractivity contribution in [2.24, 2.45) is 10.2 Å². The van der Waals surface area contributed by atoms with E-state index in [4.69, 9.17) is 11.6 Å². The van der Waals surface area contributed by atoms with Crippen LogP contribution in [-0.4, -0.2) is 19.9 Å². The molecule has 2 heterocycles. The third-order valence-corrected chi connectivity index (χ3v) is 4.97. The normalized spacial score (nSPS) is 11.6. The first-order valence-electron chi connectivity index (χ1n) is 10.5. The summed E-state index contributed by atoms with van der Waals surface area (Å²) in [4.78, 5) is 16.2. The highest BCUT2D eigenvalue weighted by Crippen LogP contribution is 2.33. The van der Waals surface area contributed by atoms with E-state index in [1.54, 1.807) is 18.2 Å². The standard InChI is InChI=1S/C23H16ClF5N8/c24-19-8-5-13(10-30-19)11-31-20-34-21(33-15-6-7-18(26)16(9-15)23(27,28)29)36-22(35-20)37-32-12-14-3-1-2-4-17(14)25/h1-10H,11-12H2,(H2,31,33,34,35,36). The van der Waals surface area contributed by atoms with Gasteiger partial charge in [0.1, 0.15) is 16.8 Å². The predicted molar refractivity (Wildman–Crippen MR) is 126 cm³/mol. The monoisotopic (exact) mass is 534 g/mol. The minimum absolute atomic E-state index is 0.00504. The molecule has 0 saturated carbocycles. The minimum atomic E-state index is -4.90. The summed E-state index contributed by atoms with van der Waals surface area (Å²) in [7, 11) is 0. The average molecular weight is 535 g/mol. The lowest BCUT2D eigenvalue weighted by atomic mass is 10.2. The van der Waals surface area contributed by atoms with Gasteiger partial charge in [-0.05, 0) is 35.9 Å². The molecular weight excluding hydrogens is 519 g/mol. The predicted octanol–water partition coefficient (Wildman–Crippen LogP) is 6.86. The van der Waals surface area contributed by atoms with Crippen molar-refractivity contribution < 1.29 is 22.0 Å². The van der Waals surface area contributed by atoms with Crippen LogP contribution in [0, 0.1) is 11.6 Å². The number of nitrogens with one attached hydrogen (secondary N) is 2. The van der Waals surface area contributed by atoms with E-state index in [1.807, 2.05) is 0 Å². The van der Waals surface area contributed by atoms with E-state index in [-0.39, 0.29) is 36.6 Å². The van der Waals surface area contributed by atoms with Crippen LogP contribution in [0.25, 0.3) is 0 Å². The summed E-state index contributed by atoms with van der Waals surface area (Å²) >= 11 is 5.79. The Morgan fingerprint density at radius 3 is 2.41 bits per heavy atom. The van der Waals surface area contributed by atoms with E-state index in [2.05, 4.69) is 40.8 Å². The molecule has 2 aromatic carbocycles. The van der Waals surface area contributed by atoms with Gasteiger partial charge < -0.3 is 10.6 Å². The lowest BCUT2D eigenvalue weighted by Gasteiger charge is -2.12. The number of azo groups is 1. The van der Waals surface area contributed by atoms with Crippen LogP contribution < -0.4 is 10.6 Å². The van der Waals surface area contributed by atoms with Crippen molar-refractivity contribution in [2.75, 3.05) is 10.6 Å². The first-order chi connectivity index (χ1) is 17.7. The fourth-order valence-corrected chi connectivity index (χ4v) is 3.10. The Hall–Kier alpha value is -4.26. The number of rotatable bonds is 8. The number of hydrogen-bond acceptors (Lipinski definition) is 8. The third-order valence-electron chi connectivity index (χ3n) is 4.75. The van der Waals surface area contributed by atoms with Crippen LogP contribution in [0.4, 0.5) is 45.5 Å². The number of nitrogens with zero attached hydrogens (tertiary/aromatic N) is 6. The Labute approximate surface area is 211 Å². The zero-order valence-corrected chi connectivity index (χ0v) is 19.4. The first kappa shape index (κ1) is 25.8. The molecule has 0 spiro atoms. The lowest BCUT2D eigenvalue weighted by Crippen LogP contribution is -2.10. The van der Waals surface area contributed by atoms with Crippen LogP contribution in [-0.2, 0) is 19.3 Å². The fourth-order valence-electron chi connectivity index (χ4n) is 2.99. The first-order valence-corrected chi connectivity index (χ1v) is 10.9. The van der Waals surface area contributed by atoms with Gasteiger partial charge in [0.05, 0.1) is 12.1 Å². The molecule has 0 unspecified atom stereocenters. The third kappa shape index (κ3) is 7.13. The van der Waals surface area contributed by atoms with Crippen LogP contribution in [0.1, 0.15) is 16.7 Å². The Morgan fingerprint density at radius 1 is 0.892 bits per heavy atom. The summed E-state index contributed by atoms with van der Waals surface area (Å²) in [6, 6.07) is 11.7. The Kier molecular flexibility index (Phi) is 7.82. The molecule has 0 fully saturated rings. The second kappa shape index (κ2) is 11.2. The molecule has 8 nitrogen and oxygen atoms in total. The fraction of sp³-hybridized carbons (Fsp3) is 0.130. The summed E-state index contributed by atoms with van der Waals surface area (Å²) < 4.78 is 66.8. The van der Waals surface area contributed by atoms with Crippen LogP contribution >= 0.6 is 11.6 Å². The molecule has 0 aliphatic heterocycles. The summed E-state index contributed by atoms with van der Waals surface area (Å²) in [5, 5.41) is 13.6. The molecule has 4 aromatic rings. The largest absolute Gasteiger partial charge is 0.419 e. The van der Waals surface area contributed by atoms with Gasteiger partial charge in [0.25, 0.3) is 5.95 Å². The molecule has 190 valence electrons. The Balaban J connectivity index is 1.60. The maximum absolute atomic E-state index is 13.8. The highest BCUT2D eigenvalue weighted by Gasteiger charge is 2.34. The number of pyridine rings is 1. The van der Waals surface area contributed by atoms with Crippen molar-refractivity contribution in [3.8, 4) is 0 Å². The van der Waals surface area contributed by atoms with E-state index >= 15 is 0 Å². The number of alkyl halides is 3. The smallest absolute Gasteiger partial charge is 0.350 e. The zero-order valence-electron chi connectivity index (χ0n) is 18.6. The second-order valence-electron chi connectivity index (χ2n) is 7.43. The van der Waals surface area contributed by atoms with Gasteiger partial charge in [0, 0.05) is 24.0 Å². The van der Waals surface area contributed by atoms with Crippen LogP contribution in [0.2, 0.25) is 5.15 Å². The maximum atomic E-state index is 13.8. The van der Waals surface area contributed by atoms with Gasteiger partial charge in [0.2, 0.25) is 11.9 Å². The van der Waals surface area contributed by atoms with Gasteiger partial charge in [-0.15, -0.1) is 5.11 Å². The van der Waals surface area contributed by atoms with E-state index < -0.39 is 23.4 Å². The Morgan fingerprint density at radius 2 is 1.68 bits per heavy atom. The highest BCUT2D eigenvalue weighted by atomic mass is 35.5. The molecule has 2 aromatic heterocycles. The molecule has 0 amide bonds. The van der Waals surface area contributed by atoms with Crippen molar-refractivity contribution in [1.29, 1.82) is 0 Å². The SMILES string of the molecule is Fc1ccccc1CN=Nc1nc(NCc2ccc(Cl)nc2)nc(Nc2ccc(F)c(C(F)(F)F)c2)n1. The molecule has 0 aliphatic rings. The molecule has 0 bridgehead atoms. The second-order valence-corrected chi connectivity index (χ2v) is 7.82. The van der Waals surface area contributed by atoms with Crippen molar-refractivity contribution in [3.05, 3.63) is 94.3 Å². The van der Waals surface area contributed by atoms with Gasteiger partial charge in [-0.25, -0.2) is 13.8 Å². The molecule has 37 heavy (non-hydrogen) atoms. The molecular formula is C23H16ClF5N8.